The lowest BCUT2D eigenvalue weighted by molar-refractivity contribution is -0.116. The van der Waals surface area contributed by atoms with Crippen LogP contribution in [0.25, 0.3) is 16.6 Å². The average Bonchev–Trinajstić information content (AvgIpc) is 3.13. The Kier molecular flexibility index (Phi) is 5.76. The van der Waals surface area contributed by atoms with Gasteiger partial charge in [-0.05, 0) is 44.5 Å². The molecule has 0 bridgehead atoms. The number of thioether (sulfide) groups is 1. The van der Waals surface area contributed by atoms with Gasteiger partial charge in [0, 0.05) is 23.1 Å². The summed E-state index contributed by atoms with van der Waals surface area (Å²) in [6, 6.07) is 14.9. The molecule has 1 amide bonds. The van der Waals surface area contributed by atoms with Crippen LogP contribution in [-0.4, -0.2) is 37.0 Å². The van der Waals surface area contributed by atoms with Gasteiger partial charge in [-0.15, -0.1) is 5.10 Å². The van der Waals surface area contributed by atoms with Crippen molar-refractivity contribution in [3.8, 4) is 0 Å². The van der Waals surface area contributed by atoms with Crippen molar-refractivity contribution in [3.63, 3.8) is 0 Å². The van der Waals surface area contributed by atoms with Crippen LogP contribution in [0.2, 0.25) is 0 Å². The van der Waals surface area contributed by atoms with E-state index < -0.39 is 0 Å². The van der Waals surface area contributed by atoms with E-state index in [4.69, 9.17) is 4.98 Å². The number of fused-ring (bicyclic) bond motifs is 3. The summed E-state index contributed by atoms with van der Waals surface area (Å²) >= 11 is 1.55. The van der Waals surface area contributed by atoms with Gasteiger partial charge in [-0.3, -0.25) is 9.59 Å². The molecule has 0 atom stereocenters. The Balaban J connectivity index is 1.40. The van der Waals surface area contributed by atoms with Crippen LogP contribution >= 0.6 is 11.8 Å². The molecule has 2 heterocycles. The molecule has 7 nitrogen and oxygen atoms in total. The van der Waals surface area contributed by atoms with Crippen LogP contribution in [0.3, 0.4) is 0 Å². The van der Waals surface area contributed by atoms with Crippen molar-refractivity contribution in [1.82, 2.24) is 19.6 Å². The normalized spacial score (nSPS) is 11.1. The minimum absolute atomic E-state index is 0.0732. The number of amides is 1. The highest BCUT2D eigenvalue weighted by molar-refractivity contribution is 7.99. The first-order chi connectivity index (χ1) is 14.5. The van der Waals surface area contributed by atoms with Crippen LogP contribution in [0.15, 0.2) is 53.7 Å². The average molecular weight is 420 g/mol. The van der Waals surface area contributed by atoms with Crippen LogP contribution in [0.1, 0.15) is 35.9 Å². The first-order valence-electron chi connectivity index (χ1n) is 9.67. The number of benzene rings is 2. The molecule has 4 rings (SSSR count). The van der Waals surface area contributed by atoms with Crippen molar-refractivity contribution in [2.45, 2.75) is 31.8 Å². The second kappa shape index (κ2) is 8.62. The monoisotopic (exact) mass is 419 g/mol. The lowest BCUT2D eigenvalue weighted by Crippen LogP contribution is -2.14. The Hall–Kier alpha value is -3.26. The number of rotatable bonds is 7. The highest BCUT2D eigenvalue weighted by Crippen LogP contribution is 2.24. The first kappa shape index (κ1) is 20.0. The summed E-state index contributed by atoms with van der Waals surface area (Å²) in [6.07, 6.45) is 1.02. The number of nitrogens with one attached hydrogen (secondary N) is 1. The van der Waals surface area contributed by atoms with Crippen molar-refractivity contribution >= 4 is 45.7 Å². The number of hydrogen-bond donors (Lipinski definition) is 1. The molecule has 0 aliphatic rings. The van der Waals surface area contributed by atoms with Gasteiger partial charge < -0.3 is 5.32 Å². The topological polar surface area (TPSA) is 89.2 Å². The van der Waals surface area contributed by atoms with E-state index >= 15 is 0 Å². The molecule has 1 N–H and O–H groups in total. The van der Waals surface area contributed by atoms with E-state index in [1.54, 1.807) is 40.5 Å². The quantitative estimate of drug-likeness (QED) is 0.208. The third kappa shape index (κ3) is 4.18. The maximum atomic E-state index is 12.3. The molecule has 0 saturated carbocycles. The number of Topliss-reactive ketones (excluding diaryl/α,β-unsaturated/α-hetero) is 1. The highest BCUT2D eigenvalue weighted by Gasteiger charge is 2.13. The summed E-state index contributed by atoms with van der Waals surface area (Å²) in [4.78, 5) is 33.3. The van der Waals surface area contributed by atoms with Gasteiger partial charge >= 0.3 is 0 Å². The van der Waals surface area contributed by atoms with E-state index in [-0.39, 0.29) is 11.7 Å². The van der Waals surface area contributed by atoms with Crippen molar-refractivity contribution in [2.75, 3.05) is 11.1 Å². The third-order valence-electron chi connectivity index (χ3n) is 4.62. The minimum atomic E-state index is -0.113. The first-order valence-corrected chi connectivity index (χ1v) is 10.7. The number of aromatic nitrogens is 4. The number of anilines is 1. The number of para-hydroxylation sites is 2. The van der Waals surface area contributed by atoms with Crippen LogP contribution in [-0.2, 0) is 4.79 Å². The number of hydrogen-bond acceptors (Lipinski definition) is 6. The lowest BCUT2D eigenvalue weighted by Gasteiger charge is -2.09. The highest BCUT2D eigenvalue weighted by atomic mass is 32.2. The van der Waals surface area contributed by atoms with Crippen LogP contribution < -0.4 is 5.32 Å². The summed E-state index contributed by atoms with van der Waals surface area (Å²) in [5.74, 6) is 1.22. The Bertz CT molecular complexity index is 1250. The second-order valence-electron chi connectivity index (χ2n) is 6.91. The standard InChI is InChI=1S/C22H21N5O2S/c1-14(28)16-8-3-5-10-18(16)24-20(29)12-7-13-30-22-25-19-11-6-4-9-17(19)21-23-15(2)26-27(21)22/h3-6,8-11H,7,12-13H2,1-2H3,(H,24,29). The molecule has 2 aromatic heterocycles. The fourth-order valence-corrected chi connectivity index (χ4v) is 4.12. The zero-order valence-electron chi connectivity index (χ0n) is 16.8. The fraction of sp³-hybridized carbons (Fsp3) is 0.227. The zero-order chi connectivity index (χ0) is 21.1. The summed E-state index contributed by atoms with van der Waals surface area (Å²) in [5, 5.41) is 9.03. The number of aryl methyl sites for hydroxylation is 1. The van der Waals surface area contributed by atoms with E-state index in [1.165, 1.54) is 6.92 Å². The summed E-state index contributed by atoms with van der Waals surface area (Å²) in [5.41, 5.74) is 2.74. The Morgan fingerprint density at radius 3 is 2.67 bits per heavy atom. The second-order valence-corrected chi connectivity index (χ2v) is 7.97. The van der Waals surface area contributed by atoms with E-state index in [1.807, 2.05) is 31.2 Å². The van der Waals surface area contributed by atoms with E-state index in [0.717, 1.165) is 21.7 Å². The Morgan fingerprint density at radius 2 is 1.83 bits per heavy atom. The molecule has 0 aliphatic carbocycles. The van der Waals surface area contributed by atoms with Crippen molar-refractivity contribution < 1.29 is 9.59 Å². The number of carbonyl (C=O) groups is 2. The molecule has 0 saturated heterocycles. The smallest absolute Gasteiger partial charge is 0.224 e. The van der Waals surface area contributed by atoms with Gasteiger partial charge in [0.2, 0.25) is 5.91 Å². The molecule has 0 aliphatic heterocycles. The lowest BCUT2D eigenvalue weighted by atomic mass is 10.1. The number of ketones is 1. The predicted molar refractivity (Wildman–Crippen MR) is 118 cm³/mol. The van der Waals surface area contributed by atoms with Crippen LogP contribution in [0, 0.1) is 6.92 Å². The maximum absolute atomic E-state index is 12.3. The molecule has 2 aromatic carbocycles. The van der Waals surface area contributed by atoms with E-state index in [9.17, 15) is 9.59 Å². The molecular formula is C22H21N5O2S. The van der Waals surface area contributed by atoms with Crippen LogP contribution in [0.5, 0.6) is 0 Å². The van der Waals surface area contributed by atoms with Gasteiger partial charge in [0.1, 0.15) is 5.82 Å². The largest absolute Gasteiger partial charge is 0.325 e. The van der Waals surface area contributed by atoms with Gasteiger partial charge in [0.05, 0.1) is 11.2 Å². The summed E-state index contributed by atoms with van der Waals surface area (Å²) in [7, 11) is 0. The van der Waals surface area contributed by atoms with Crippen molar-refractivity contribution in [2.24, 2.45) is 0 Å². The molecule has 0 radical (unpaired) electrons. The van der Waals surface area contributed by atoms with Crippen molar-refractivity contribution in [1.29, 1.82) is 0 Å². The van der Waals surface area contributed by atoms with Gasteiger partial charge in [-0.1, -0.05) is 36.0 Å². The molecule has 152 valence electrons. The molecule has 0 fully saturated rings. The molecule has 0 spiro atoms. The third-order valence-corrected chi connectivity index (χ3v) is 5.63. The zero-order valence-corrected chi connectivity index (χ0v) is 17.6. The minimum Gasteiger partial charge on any atom is -0.325 e. The number of nitrogens with zero attached hydrogens (tertiary/aromatic N) is 4. The van der Waals surface area contributed by atoms with Gasteiger partial charge in [-0.25, -0.2) is 9.97 Å². The molecule has 30 heavy (non-hydrogen) atoms. The molecular weight excluding hydrogens is 398 g/mol. The summed E-state index contributed by atoms with van der Waals surface area (Å²) in [6.45, 7) is 3.35. The molecule has 4 aromatic rings. The summed E-state index contributed by atoms with van der Waals surface area (Å²) < 4.78 is 1.77. The maximum Gasteiger partial charge on any atom is 0.224 e. The van der Waals surface area contributed by atoms with E-state index in [0.29, 0.717) is 35.7 Å². The van der Waals surface area contributed by atoms with Gasteiger partial charge in [0.15, 0.2) is 16.6 Å². The molecule has 0 unspecified atom stereocenters. The van der Waals surface area contributed by atoms with Crippen LogP contribution in [0.4, 0.5) is 5.69 Å². The van der Waals surface area contributed by atoms with Gasteiger partial charge in [0.25, 0.3) is 0 Å². The number of carbonyl (C=O) groups excluding carboxylic acids is 2. The SMILES string of the molecule is CC(=O)c1ccccc1NC(=O)CCCSc1nc2ccccc2c2nc(C)nn12. The molecule has 8 heteroatoms. The Morgan fingerprint density at radius 1 is 1.07 bits per heavy atom. The van der Waals surface area contributed by atoms with E-state index in [2.05, 4.69) is 15.4 Å². The predicted octanol–water partition coefficient (Wildman–Crippen LogP) is 4.30. The van der Waals surface area contributed by atoms with Crippen molar-refractivity contribution in [3.05, 3.63) is 59.9 Å². The fourth-order valence-electron chi connectivity index (χ4n) is 3.23. The Labute approximate surface area is 177 Å². The van der Waals surface area contributed by atoms with Gasteiger partial charge in [-0.2, -0.15) is 4.52 Å².